The molecule has 0 fully saturated rings. The lowest BCUT2D eigenvalue weighted by Gasteiger charge is -2.13. The van der Waals surface area contributed by atoms with Crippen molar-refractivity contribution in [3.05, 3.63) is 59.8 Å². The molecule has 1 aromatic heterocycles. The quantitative estimate of drug-likeness (QED) is 0.889. The summed E-state index contributed by atoms with van der Waals surface area (Å²) < 4.78 is 0. The van der Waals surface area contributed by atoms with Gasteiger partial charge in [0.05, 0.1) is 5.56 Å². The Hall–Kier alpha value is -2.36. The lowest BCUT2D eigenvalue weighted by atomic mass is 9.98. The monoisotopic (exact) mass is 297 g/mol. The Bertz CT molecular complexity index is 593. The van der Waals surface area contributed by atoms with Crippen molar-refractivity contribution in [2.45, 2.75) is 19.3 Å². The number of amides is 1. The Kier molecular flexibility index (Phi) is 5.53. The van der Waals surface area contributed by atoms with Gasteiger partial charge in [-0.15, -0.1) is 0 Å². The van der Waals surface area contributed by atoms with Crippen LogP contribution in [-0.4, -0.2) is 36.4 Å². The van der Waals surface area contributed by atoms with Crippen molar-refractivity contribution in [3.63, 3.8) is 0 Å². The van der Waals surface area contributed by atoms with Crippen molar-refractivity contribution in [3.8, 4) is 0 Å². The molecular weight excluding hydrogens is 274 g/mol. The predicted molar refractivity (Wildman–Crippen MR) is 90.2 cm³/mol. The minimum absolute atomic E-state index is 0.0308. The van der Waals surface area contributed by atoms with Crippen LogP contribution in [0.1, 0.15) is 35.2 Å². The normalized spacial score (nSPS) is 11.8. The molecule has 4 heteroatoms. The Labute approximate surface area is 132 Å². The summed E-state index contributed by atoms with van der Waals surface area (Å²) in [4.78, 5) is 17.6. The van der Waals surface area contributed by atoms with Crippen molar-refractivity contribution >= 4 is 11.7 Å². The number of nitrogens with one attached hydrogen (secondary N) is 1. The second-order valence-corrected chi connectivity index (χ2v) is 5.66. The van der Waals surface area contributed by atoms with E-state index in [9.17, 15) is 4.79 Å². The maximum atomic E-state index is 11.8. The van der Waals surface area contributed by atoms with Crippen molar-refractivity contribution < 1.29 is 4.79 Å². The van der Waals surface area contributed by atoms with Gasteiger partial charge in [-0.25, -0.2) is 4.98 Å². The highest BCUT2D eigenvalue weighted by molar-refractivity contribution is 5.93. The number of hydrogen-bond donors (Lipinski definition) is 1. The van der Waals surface area contributed by atoms with Crippen LogP contribution in [0.5, 0.6) is 0 Å². The Morgan fingerprint density at radius 1 is 1.18 bits per heavy atom. The fraction of sp³-hybridized carbons (Fsp3) is 0.333. The van der Waals surface area contributed by atoms with Crippen LogP contribution in [0.2, 0.25) is 0 Å². The maximum Gasteiger partial charge on any atom is 0.254 e. The number of nitrogens with zero attached hydrogens (tertiary/aromatic N) is 2. The molecule has 116 valence electrons. The lowest BCUT2D eigenvalue weighted by Crippen LogP contribution is -2.21. The second kappa shape index (κ2) is 7.59. The summed E-state index contributed by atoms with van der Waals surface area (Å²) in [5, 5.41) is 3.30. The van der Waals surface area contributed by atoms with E-state index in [4.69, 9.17) is 0 Å². The zero-order valence-electron chi connectivity index (χ0n) is 13.4. The zero-order valence-corrected chi connectivity index (χ0v) is 13.4. The number of benzene rings is 1. The third kappa shape index (κ3) is 4.32. The van der Waals surface area contributed by atoms with Gasteiger partial charge < -0.3 is 10.2 Å². The highest BCUT2D eigenvalue weighted by Crippen LogP contribution is 2.18. The van der Waals surface area contributed by atoms with Gasteiger partial charge in [0.1, 0.15) is 5.82 Å². The molecule has 1 N–H and O–H groups in total. The number of hydrogen-bond acceptors (Lipinski definition) is 3. The van der Waals surface area contributed by atoms with E-state index in [1.54, 1.807) is 31.3 Å². The molecule has 0 aliphatic heterocycles. The topological polar surface area (TPSA) is 45.2 Å². The Morgan fingerprint density at radius 2 is 1.91 bits per heavy atom. The summed E-state index contributed by atoms with van der Waals surface area (Å²) in [6.07, 6.45) is 2.65. The van der Waals surface area contributed by atoms with Crippen LogP contribution < -0.4 is 5.32 Å². The molecule has 0 aliphatic rings. The van der Waals surface area contributed by atoms with E-state index < -0.39 is 0 Å². The van der Waals surface area contributed by atoms with Crippen LogP contribution in [0, 0.1) is 0 Å². The summed E-state index contributed by atoms with van der Waals surface area (Å²) in [6, 6.07) is 14.1. The van der Waals surface area contributed by atoms with Gasteiger partial charge in [0, 0.05) is 26.8 Å². The molecule has 0 spiro atoms. The van der Waals surface area contributed by atoms with E-state index in [1.165, 1.54) is 5.56 Å². The van der Waals surface area contributed by atoms with E-state index in [2.05, 4.69) is 41.5 Å². The van der Waals surface area contributed by atoms with E-state index in [-0.39, 0.29) is 5.91 Å². The van der Waals surface area contributed by atoms with Crippen LogP contribution in [0.25, 0.3) is 0 Å². The first kappa shape index (κ1) is 16.0. The van der Waals surface area contributed by atoms with Crippen molar-refractivity contribution in [2.24, 2.45) is 0 Å². The summed E-state index contributed by atoms with van der Waals surface area (Å²) in [6.45, 7) is 3.08. The van der Waals surface area contributed by atoms with E-state index >= 15 is 0 Å². The van der Waals surface area contributed by atoms with Crippen LogP contribution in [0.3, 0.4) is 0 Å². The third-order valence-corrected chi connectivity index (χ3v) is 3.67. The number of aromatic nitrogens is 1. The van der Waals surface area contributed by atoms with Gasteiger partial charge >= 0.3 is 0 Å². The fourth-order valence-corrected chi connectivity index (χ4v) is 2.25. The summed E-state index contributed by atoms with van der Waals surface area (Å²) in [7, 11) is 3.47. The number of rotatable bonds is 6. The van der Waals surface area contributed by atoms with Gasteiger partial charge in [-0.3, -0.25) is 4.79 Å². The first-order valence-electron chi connectivity index (χ1n) is 7.54. The van der Waals surface area contributed by atoms with Gasteiger partial charge in [0.25, 0.3) is 5.91 Å². The van der Waals surface area contributed by atoms with E-state index in [0.717, 1.165) is 18.8 Å². The van der Waals surface area contributed by atoms with Crippen LogP contribution >= 0.6 is 0 Å². The van der Waals surface area contributed by atoms with Gasteiger partial charge in [-0.05, 0) is 30.0 Å². The molecule has 22 heavy (non-hydrogen) atoms. The molecule has 4 nitrogen and oxygen atoms in total. The smallest absolute Gasteiger partial charge is 0.254 e. The number of carbonyl (C=O) groups excluding carboxylic acids is 1. The van der Waals surface area contributed by atoms with Crippen molar-refractivity contribution in [1.82, 2.24) is 9.88 Å². The van der Waals surface area contributed by atoms with E-state index in [1.807, 2.05) is 12.1 Å². The molecule has 1 aromatic carbocycles. The maximum absolute atomic E-state index is 11.8. The molecular formula is C18H23N3O. The molecule has 1 heterocycles. The molecule has 0 saturated heterocycles. The fourth-order valence-electron chi connectivity index (χ4n) is 2.25. The average molecular weight is 297 g/mol. The largest absolute Gasteiger partial charge is 0.370 e. The molecule has 0 radical (unpaired) electrons. The molecule has 0 aliphatic carbocycles. The molecule has 2 rings (SSSR count). The average Bonchev–Trinajstić information content (AvgIpc) is 2.55. The van der Waals surface area contributed by atoms with Gasteiger partial charge in [-0.2, -0.15) is 0 Å². The molecule has 0 bridgehead atoms. The zero-order chi connectivity index (χ0) is 15.9. The third-order valence-electron chi connectivity index (χ3n) is 3.67. The SMILES string of the molecule is CC(CCNc1ccc(C(=O)N(C)C)cn1)c1ccccc1. The number of carbonyl (C=O) groups is 1. The van der Waals surface area contributed by atoms with Crippen molar-refractivity contribution in [1.29, 1.82) is 0 Å². The predicted octanol–water partition coefficient (Wildman–Crippen LogP) is 3.39. The summed E-state index contributed by atoms with van der Waals surface area (Å²) in [5.74, 6) is 1.27. The summed E-state index contributed by atoms with van der Waals surface area (Å²) >= 11 is 0. The molecule has 0 saturated carbocycles. The second-order valence-electron chi connectivity index (χ2n) is 5.66. The van der Waals surface area contributed by atoms with Crippen LogP contribution in [0.4, 0.5) is 5.82 Å². The van der Waals surface area contributed by atoms with Crippen LogP contribution in [-0.2, 0) is 0 Å². The Balaban J connectivity index is 1.83. The van der Waals surface area contributed by atoms with Gasteiger partial charge in [0.2, 0.25) is 0 Å². The lowest BCUT2D eigenvalue weighted by molar-refractivity contribution is 0.0827. The summed E-state index contributed by atoms with van der Waals surface area (Å²) in [5.41, 5.74) is 1.96. The minimum atomic E-state index is -0.0308. The standard InChI is InChI=1S/C18H23N3O/c1-14(15-7-5-4-6-8-15)11-12-19-17-10-9-16(13-20-17)18(22)21(2)3/h4-10,13-14H,11-12H2,1-3H3,(H,19,20). The van der Waals surface area contributed by atoms with Gasteiger partial charge in [-0.1, -0.05) is 37.3 Å². The molecule has 1 unspecified atom stereocenters. The minimum Gasteiger partial charge on any atom is -0.370 e. The van der Waals surface area contributed by atoms with E-state index in [0.29, 0.717) is 11.5 Å². The highest BCUT2D eigenvalue weighted by atomic mass is 16.2. The number of pyridine rings is 1. The number of anilines is 1. The molecule has 2 aromatic rings. The van der Waals surface area contributed by atoms with Gasteiger partial charge in [0.15, 0.2) is 0 Å². The molecule has 1 atom stereocenters. The van der Waals surface area contributed by atoms with Crippen molar-refractivity contribution in [2.75, 3.05) is 26.0 Å². The first-order valence-corrected chi connectivity index (χ1v) is 7.54. The molecule has 1 amide bonds. The van der Waals surface area contributed by atoms with Crippen LogP contribution in [0.15, 0.2) is 48.7 Å². The Morgan fingerprint density at radius 3 is 2.50 bits per heavy atom. The first-order chi connectivity index (χ1) is 10.6. The highest BCUT2D eigenvalue weighted by Gasteiger charge is 2.08.